The molecule has 2 heterocycles. The van der Waals surface area contributed by atoms with E-state index in [1.165, 1.54) is 83.5 Å². The summed E-state index contributed by atoms with van der Waals surface area (Å²) in [7, 11) is 0. The second kappa shape index (κ2) is 10.3. The van der Waals surface area contributed by atoms with E-state index in [2.05, 4.69) is 0 Å². The van der Waals surface area contributed by atoms with E-state index in [-0.39, 0.29) is 6.10 Å². The number of fused-ring (bicyclic) bond motifs is 2. The van der Waals surface area contributed by atoms with Gasteiger partial charge in [-0.2, -0.15) is 0 Å². The van der Waals surface area contributed by atoms with Crippen LogP contribution in [-0.2, 0) is 4.74 Å². The molecule has 0 aromatic heterocycles. The van der Waals surface area contributed by atoms with Gasteiger partial charge in [-0.05, 0) is 69.1 Å². The summed E-state index contributed by atoms with van der Waals surface area (Å²) in [6.45, 7) is 0.339. The first-order chi connectivity index (χ1) is 12.3. The van der Waals surface area contributed by atoms with Crippen LogP contribution in [0.15, 0.2) is 0 Å². The SMILES string of the molecule is OCCCCCCC[C@@H]1[C@H](CCC(O)C2CCCCC2)[C@@H]2CC[C@H]1O2. The average Bonchev–Trinajstić information content (AvgIpc) is 3.25. The third kappa shape index (κ3) is 5.43. The molecule has 1 saturated carbocycles. The highest BCUT2D eigenvalue weighted by atomic mass is 16.5. The minimum atomic E-state index is -0.0708. The Morgan fingerprint density at radius 3 is 2.12 bits per heavy atom. The Morgan fingerprint density at radius 2 is 1.40 bits per heavy atom. The third-order valence-corrected chi connectivity index (χ3v) is 7.28. The van der Waals surface area contributed by atoms with Gasteiger partial charge in [-0.15, -0.1) is 0 Å². The lowest BCUT2D eigenvalue weighted by Crippen LogP contribution is -2.30. The predicted molar refractivity (Wildman–Crippen MR) is 101 cm³/mol. The van der Waals surface area contributed by atoms with Gasteiger partial charge in [0.1, 0.15) is 0 Å². The van der Waals surface area contributed by atoms with Crippen LogP contribution in [0.4, 0.5) is 0 Å². The fourth-order valence-corrected chi connectivity index (χ4v) is 5.81. The van der Waals surface area contributed by atoms with Gasteiger partial charge in [0.2, 0.25) is 0 Å². The van der Waals surface area contributed by atoms with Crippen LogP contribution in [0.2, 0.25) is 0 Å². The number of rotatable bonds is 11. The maximum atomic E-state index is 10.6. The minimum absolute atomic E-state index is 0.0708. The normalized spacial score (nSPS) is 33.8. The van der Waals surface area contributed by atoms with Crippen molar-refractivity contribution < 1.29 is 14.9 Å². The molecule has 25 heavy (non-hydrogen) atoms. The van der Waals surface area contributed by atoms with E-state index >= 15 is 0 Å². The molecule has 0 amide bonds. The van der Waals surface area contributed by atoms with Crippen LogP contribution in [0.1, 0.15) is 96.3 Å². The molecule has 1 unspecified atom stereocenters. The molecule has 0 aromatic rings. The Kier molecular flexibility index (Phi) is 8.07. The lowest BCUT2D eigenvalue weighted by atomic mass is 9.73. The van der Waals surface area contributed by atoms with Gasteiger partial charge in [-0.3, -0.25) is 0 Å². The number of aliphatic hydroxyl groups is 2. The standard InChI is InChI=1S/C22H40O3/c23-16-8-3-1-2-7-11-18-19(22-15-14-21(18)25-22)12-13-20(24)17-9-5-4-6-10-17/h17-24H,1-16H2/t18-,19+,20?,21-,22+/m1/s1. The van der Waals surface area contributed by atoms with Gasteiger partial charge >= 0.3 is 0 Å². The van der Waals surface area contributed by atoms with Gasteiger partial charge in [0.05, 0.1) is 18.3 Å². The maximum absolute atomic E-state index is 10.6. The molecule has 3 nitrogen and oxygen atoms in total. The summed E-state index contributed by atoms with van der Waals surface area (Å²) in [5.41, 5.74) is 0. The van der Waals surface area contributed by atoms with E-state index < -0.39 is 0 Å². The predicted octanol–water partition coefficient (Wildman–Crippen LogP) is 4.83. The number of aliphatic hydroxyl groups excluding tert-OH is 2. The van der Waals surface area contributed by atoms with Crippen LogP contribution in [0.3, 0.4) is 0 Å². The number of unbranched alkanes of at least 4 members (excludes halogenated alkanes) is 4. The van der Waals surface area contributed by atoms with Crippen molar-refractivity contribution in [1.82, 2.24) is 0 Å². The topological polar surface area (TPSA) is 49.7 Å². The molecule has 146 valence electrons. The molecule has 2 saturated heterocycles. The molecule has 2 bridgehead atoms. The van der Waals surface area contributed by atoms with E-state index in [1.807, 2.05) is 0 Å². The molecule has 3 fully saturated rings. The third-order valence-electron chi connectivity index (χ3n) is 7.28. The molecule has 3 rings (SSSR count). The molecule has 3 aliphatic rings. The van der Waals surface area contributed by atoms with Crippen molar-refractivity contribution >= 4 is 0 Å². The monoisotopic (exact) mass is 352 g/mol. The van der Waals surface area contributed by atoms with Crippen molar-refractivity contribution in [3.05, 3.63) is 0 Å². The zero-order valence-corrected chi connectivity index (χ0v) is 16.1. The Labute approximate surface area is 154 Å². The highest BCUT2D eigenvalue weighted by Crippen LogP contribution is 2.48. The van der Waals surface area contributed by atoms with Gasteiger partial charge in [0.15, 0.2) is 0 Å². The summed E-state index contributed by atoms with van der Waals surface area (Å²) in [5.74, 6) is 2.02. The van der Waals surface area contributed by atoms with Gasteiger partial charge in [-0.25, -0.2) is 0 Å². The van der Waals surface area contributed by atoms with Crippen LogP contribution in [0.5, 0.6) is 0 Å². The van der Waals surface area contributed by atoms with Crippen molar-refractivity contribution in [1.29, 1.82) is 0 Å². The average molecular weight is 353 g/mol. The Balaban J connectivity index is 1.39. The highest BCUT2D eigenvalue weighted by Gasteiger charge is 2.47. The number of ether oxygens (including phenoxy) is 1. The van der Waals surface area contributed by atoms with E-state index in [0.29, 0.717) is 30.7 Å². The Bertz CT molecular complexity index is 366. The molecule has 0 spiro atoms. The minimum Gasteiger partial charge on any atom is -0.396 e. The van der Waals surface area contributed by atoms with E-state index in [9.17, 15) is 5.11 Å². The first-order valence-electron chi connectivity index (χ1n) is 11.2. The van der Waals surface area contributed by atoms with Gasteiger partial charge < -0.3 is 14.9 Å². The van der Waals surface area contributed by atoms with Crippen molar-refractivity contribution in [2.75, 3.05) is 6.61 Å². The first kappa shape index (κ1) is 19.6. The molecule has 5 atom stereocenters. The molecule has 2 N–H and O–H groups in total. The van der Waals surface area contributed by atoms with E-state index in [0.717, 1.165) is 18.8 Å². The first-order valence-corrected chi connectivity index (χ1v) is 11.2. The van der Waals surface area contributed by atoms with Gasteiger partial charge in [0, 0.05) is 6.61 Å². The summed E-state index contributed by atoms with van der Waals surface area (Å²) in [5, 5.41) is 19.5. The van der Waals surface area contributed by atoms with E-state index in [4.69, 9.17) is 9.84 Å². The Morgan fingerprint density at radius 1 is 0.760 bits per heavy atom. The van der Waals surface area contributed by atoms with Crippen LogP contribution < -0.4 is 0 Å². The van der Waals surface area contributed by atoms with Crippen LogP contribution in [0.25, 0.3) is 0 Å². The van der Waals surface area contributed by atoms with Gasteiger partial charge in [-0.1, -0.05) is 44.9 Å². The fraction of sp³-hybridized carbons (Fsp3) is 1.00. The van der Waals surface area contributed by atoms with Crippen LogP contribution >= 0.6 is 0 Å². The van der Waals surface area contributed by atoms with Crippen molar-refractivity contribution in [3.8, 4) is 0 Å². The van der Waals surface area contributed by atoms with E-state index in [1.54, 1.807) is 0 Å². The molecule has 1 aliphatic carbocycles. The summed E-state index contributed by atoms with van der Waals surface area (Å²) in [6, 6.07) is 0. The number of hydrogen-bond donors (Lipinski definition) is 2. The Hall–Kier alpha value is -0.120. The quantitative estimate of drug-likeness (QED) is 0.523. The maximum Gasteiger partial charge on any atom is 0.0611 e. The lowest BCUT2D eigenvalue weighted by molar-refractivity contribution is 0.0606. The number of hydrogen-bond acceptors (Lipinski definition) is 3. The second-order valence-electron chi connectivity index (χ2n) is 8.94. The zero-order chi connectivity index (χ0) is 17.5. The molecular formula is C22H40O3. The molecule has 0 radical (unpaired) electrons. The van der Waals surface area contributed by atoms with Crippen molar-refractivity contribution in [2.24, 2.45) is 17.8 Å². The van der Waals surface area contributed by atoms with Crippen molar-refractivity contribution in [3.63, 3.8) is 0 Å². The summed E-state index contributed by atoms with van der Waals surface area (Å²) in [4.78, 5) is 0. The molecule has 3 heteroatoms. The smallest absolute Gasteiger partial charge is 0.0611 e. The summed E-state index contributed by atoms with van der Waals surface area (Å²) < 4.78 is 6.26. The molecule has 2 aliphatic heterocycles. The lowest BCUT2D eigenvalue weighted by Gasteiger charge is -2.31. The largest absolute Gasteiger partial charge is 0.396 e. The summed E-state index contributed by atoms with van der Waals surface area (Å²) in [6.07, 6.45) is 19.4. The van der Waals surface area contributed by atoms with Crippen molar-refractivity contribution in [2.45, 2.75) is 115 Å². The zero-order valence-electron chi connectivity index (χ0n) is 16.1. The van der Waals surface area contributed by atoms with Crippen LogP contribution in [-0.4, -0.2) is 35.1 Å². The molecular weight excluding hydrogens is 312 g/mol. The fourth-order valence-electron chi connectivity index (χ4n) is 5.81. The van der Waals surface area contributed by atoms with Gasteiger partial charge in [0.25, 0.3) is 0 Å². The molecule has 0 aromatic carbocycles. The van der Waals surface area contributed by atoms with Crippen LogP contribution in [0, 0.1) is 17.8 Å². The summed E-state index contributed by atoms with van der Waals surface area (Å²) >= 11 is 0. The highest BCUT2D eigenvalue weighted by molar-refractivity contribution is 4.96. The second-order valence-corrected chi connectivity index (χ2v) is 8.94.